The summed E-state index contributed by atoms with van der Waals surface area (Å²) in [7, 11) is 0. The van der Waals surface area contributed by atoms with E-state index in [0.29, 0.717) is 5.69 Å². The molecule has 0 aromatic heterocycles. The van der Waals surface area contributed by atoms with Crippen molar-refractivity contribution in [3.63, 3.8) is 0 Å². The molecule has 0 heterocycles. The second kappa shape index (κ2) is 5.30. The summed E-state index contributed by atoms with van der Waals surface area (Å²) in [5, 5.41) is 19.7. The Balaban J connectivity index is 2.25. The molecule has 0 aliphatic heterocycles. The van der Waals surface area contributed by atoms with Gasteiger partial charge in [0.1, 0.15) is 5.75 Å². The van der Waals surface area contributed by atoms with Crippen LogP contribution in [0.1, 0.15) is 12.5 Å². The number of nitrogens with zero attached hydrogens (tertiary/aromatic N) is 2. The molecule has 5 heteroatoms. The van der Waals surface area contributed by atoms with Crippen LogP contribution in [0.5, 0.6) is 5.75 Å². The van der Waals surface area contributed by atoms with Gasteiger partial charge in [0.2, 0.25) is 0 Å². The summed E-state index contributed by atoms with van der Waals surface area (Å²) in [6.07, 6.45) is 0. The Morgan fingerprint density at radius 3 is 2.21 bits per heavy atom. The Morgan fingerprint density at radius 2 is 1.68 bits per heavy atom. The SMILES string of the molecule is CC(=Nc1ccc(O)cc1)c1ccc([N+](=O)[O-])cc1. The molecule has 2 aromatic rings. The number of phenolic OH excluding ortho intramolecular Hbond substituents is 1. The highest BCUT2D eigenvalue weighted by atomic mass is 16.6. The predicted molar refractivity (Wildman–Crippen MR) is 73.1 cm³/mol. The van der Waals surface area contributed by atoms with E-state index in [1.54, 1.807) is 36.4 Å². The van der Waals surface area contributed by atoms with E-state index in [9.17, 15) is 15.2 Å². The fourth-order valence-electron chi connectivity index (χ4n) is 1.61. The number of phenols is 1. The Kier molecular flexibility index (Phi) is 3.56. The van der Waals surface area contributed by atoms with E-state index >= 15 is 0 Å². The highest BCUT2D eigenvalue weighted by Gasteiger charge is 2.05. The minimum absolute atomic E-state index is 0.0567. The molecule has 0 aliphatic rings. The first-order chi connectivity index (χ1) is 9.06. The van der Waals surface area contributed by atoms with Crippen molar-refractivity contribution >= 4 is 17.1 Å². The Morgan fingerprint density at radius 1 is 1.11 bits per heavy atom. The molecule has 0 spiro atoms. The molecule has 2 aromatic carbocycles. The van der Waals surface area contributed by atoms with Gasteiger partial charge in [-0.25, -0.2) is 0 Å². The molecule has 1 N–H and O–H groups in total. The predicted octanol–water partition coefficient (Wildman–Crippen LogP) is 3.44. The molecule has 96 valence electrons. The average Bonchev–Trinajstić information content (AvgIpc) is 2.41. The summed E-state index contributed by atoms with van der Waals surface area (Å²) in [5.74, 6) is 0.187. The molecule has 0 atom stereocenters. The third-order valence-electron chi connectivity index (χ3n) is 2.64. The minimum atomic E-state index is -0.434. The lowest BCUT2D eigenvalue weighted by Gasteiger charge is -2.01. The van der Waals surface area contributed by atoms with Crippen molar-refractivity contribution in [1.29, 1.82) is 0 Å². The molecule has 2 rings (SSSR count). The topological polar surface area (TPSA) is 75.7 Å². The van der Waals surface area contributed by atoms with Crippen LogP contribution < -0.4 is 0 Å². The van der Waals surface area contributed by atoms with Gasteiger partial charge in [-0.2, -0.15) is 0 Å². The monoisotopic (exact) mass is 256 g/mol. The number of benzene rings is 2. The first-order valence-corrected chi connectivity index (χ1v) is 5.65. The van der Waals surface area contributed by atoms with E-state index in [-0.39, 0.29) is 11.4 Å². The molecule has 0 unspecified atom stereocenters. The van der Waals surface area contributed by atoms with E-state index < -0.39 is 4.92 Å². The van der Waals surface area contributed by atoms with Gasteiger partial charge >= 0.3 is 0 Å². The van der Waals surface area contributed by atoms with Crippen LogP contribution in [0.15, 0.2) is 53.5 Å². The third kappa shape index (κ3) is 3.16. The molecular weight excluding hydrogens is 244 g/mol. The van der Waals surface area contributed by atoms with Gasteiger partial charge in [-0.3, -0.25) is 15.1 Å². The number of aliphatic imine (C=N–C) groups is 1. The second-order valence-corrected chi connectivity index (χ2v) is 4.02. The smallest absolute Gasteiger partial charge is 0.269 e. The Labute approximate surface area is 110 Å². The van der Waals surface area contributed by atoms with Crippen LogP contribution in [-0.2, 0) is 0 Å². The van der Waals surface area contributed by atoms with Gasteiger partial charge in [-0.05, 0) is 48.9 Å². The average molecular weight is 256 g/mol. The highest BCUT2D eigenvalue weighted by Crippen LogP contribution is 2.19. The van der Waals surface area contributed by atoms with Crippen LogP contribution in [-0.4, -0.2) is 15.7 Å². The fraction of sp³-hybridized carbons (Fsp3) is 0.0714. The van der Waals surface area contributed by atoms with Gasteiger partial charge in [0.25, 0.3) is 5.69 Å². The molecule has 0 fully saturated rings. The maximum Gasteiger partial charge on any atom is 0.269 e. The number of nitro benzene ring substituents is 1. The number of hydrogen-bond donors (Lipinski definition) is 1. The summed E-state index contributed by atoms with van der Waals surface area (Å²) in [6.45, 7) is 1.83. The standard InChI is InChI=1S/C14H12N2O3/c1-10(15-12-4-8-14(17)9-5-12)11-2-6-13(7-3-11)16(18)19/h2-9,17H,1H3. The fourth-order valence-corrected chi connectivity index (χ4v) is 1.61. The Bertz CT molecular complexity index is 616. The third-order valence-corrected chi connectivity index (χ3v) is 2.64. The summed E-state index contributed by atoms with van der Waals surface area (Å²) in [4.78, 5) is 14.5. The molecular formula is C14H12N2O3. The van der Waals surface area contributed by atoms with Gasteiger partial charge in [-0.15, -0.1) is 0 Å². The highest BCUT2D eigenvalue weighted by molar-refractivity contribution is 6.00. The lowest BCUT2D eigenvalue weighted by Crippen LogP contribution is -1.95. The number of non-ortho nitro benzene ring substituents is 1. The van der Waals surface area contributed by atoms with Gasteiger partial charge in [0.15, 0.2) is 0 Å². The molecule has 0 saturated heterocycles. The van der Waals surface area contributed by atoms with Crippen LogP contribution in [0.2, 0.25) is 0 Å². The summed E-state index contributed by atoms with van der Waals surface area (Å²) in [5.41, 5.74) is 2.34. The van der Waals surface area contributed by atoms with Gasteiger partial charge < -0.3 is 5.11 Å². The molecule has 0 saturated carbocycles. The lowest BCUT2D eigenvalue weighted by atomic mass is 10.1. The molecule has 0 bridgehead atoms. The van der Waals surface area contributed by atoms with E-state index in [0.717, 1.165) is 11.3 Å². The van der Waals surface area contributed by atoms with Crippen LogP contribution in [0.4, 0.5) is 11.4 Å². The summed E-state index contributed by atoms with van der Waals surface area (Å²) < 4.78 is 0. The Hall–Kier alpha value is -2.69. The maximum absolute atomic E-state index is 10.6. The van der Waals surface area contributed by atoms with E-state index in [4.69, 9.17) is 0 Å². The molecule has 19 heavy (non-hydrogen) atoms. The minimum Gasteiger partial charge on any atom is -0.508 e. The van der Waals surface area contributed by atoms with Crippen molar-refractivity contribution in [2.24, 2.45) is 4.99 Å². The van der Waals surface area contributed by atoms with Gasteiger partial charge in [0.05, 0.1) is 10.6 Å². The van der Waals surface area contributed by atoms with Crippen LogP contribution >= 0.6 is 0 Å². The molecule has 5 nitrogen and oxygen atoms in total. The van der Waals surface area contributed by atoms with E-state index in [1.165, 1.54) is 12.1 Å². The largest absolute Gasteiger partial charge is 0.508 e. The van der Waals surface area contributed by atoms with Crippen molar-refractivity contribution < 1.29 is 10.0 Å². The second-order valence-electron chi connectivity index (χ2n) is 4.02. The van der Waals surface area contributed by atoms with Crippen LogP contribution in [0.25, 0.3) is 0 Å². The lowest BCUT2D eigenvalue weighted by molar-refractivity contribution is -0.384. The zero-order valence-electron chi connectivity index (χ0n) is 10.3. The van der Waals surface area contributed by atoms with Crippen molar-refractivity contribution in [1.82, 2.24) is 0 Å². The number of hydrogen-bond acceptors (Lipinski definition) is 4. The van der Waals surface area contributed by atoms with Crippen molar-refractivity contribution in [2.75, 3.05) is 0 Å². The van der Waals surface area contributed by atoms with Gasteiger partial charge in [0, 0.05) is 17.8 Å². The maximum atomic E-state index is 10.6. The van der Waals surface area contributed by atoms with E-state index in [2.05, 4.69) is 4.99 Å². The quantitative estimate of drug-likeness (QED) is 0.519. The first kappa shape index (κ1) is 12.8. The van der Waals surface area contributed by atoms with Gasteiger partial charge in [-0.1, -0.05) is 0 Å². The van der Waals surface area contributed by atoms with Crippen LogP contribution in [0.3, 0.4) is 0 Å². The van der Waals surface area contributed by atoms with E-state index in [1.807, 2.05) is 6.92 Å². The van der Waals surface area contributed by atoms with Crippen molar-refractivity contribution in [2.45, 2.75) is 6.92 Å². The zero-order chi connectivity index (χ0) is 13.8. The number of aromatic hydroxyl groups is 1. The normalized spacial score (nSPS) is 11.3. The zero-order valence-corrected chi connectivity index (χ0v) is 10.3. The van der Waals surface area contributed by atoms with Crippen LogP contribution in [0, 0.1) is 10.1 Å². The number of nitro groups is 1. The summed E-state index contributed by atoms with van der Waals surface area (Å²) >= 11 is 0. The first-order valence-electron chi connectivity index (χ1n) is 5.65. The number of rotatable bonds is 3. The summed E-state index contributed by atoms with van der Waals surface area (Å²) in [6, 6.07) is 12.7. The molecule has 0 aliphatic carbocycles. The van der Waals surface area contributed by atoms with Crippen molar-refractivity contribution in [3.8, 4) is 5.75 Å². The molecule has 0 amide bonds. The molecule has 0 radical (unpaired) electrons. The van der Waals surface area contributed by atoms with Crippen molar-refractivity contribution in [3.05, 3.63) is 64.2 Å².